The van der Waals surface area contributed by atoms with Crippen molar-refractivity contribution in [3.63, 3.8) is 0 Å². The molecule has 152 valence electrons. The Labute approximate surface area is 179 Å². The molecule has 1 fully saturated rings. The van der Waals surface area contributed by atoms with Crippen LogP contribution in [0.4, 0.5) is 0 Å². The summed E-state index contributed by atoms with van der Waals surface area (Å²) in [5, 5.41) is 0.565. The lowest BCUT2D eigenvalue weighted by atomic mass is 9.69. The molecule has 0 saturated carbocycles. The van der Waals surface area contributed by atoms with Crippen LogP contribution >= 0.6 is 11.6 Å². The maximum atomic E-state index is 13.3. The van der Waals surface area contributed by atoms with Gasteiger partial charge < -0.3 is 14.4 Å². The topological polar surface area (TPSA) is 64.5 Å². The molecule has 2 aliphatic heterocycles. The summed E-state index contributed by atoms with van der Waals surface area (Å²) in [6, 6.07) is 17.4. The van der Waals surface area contributed by atoms with E-state index in [1.54, 1.807) is 11.0 Å². The van der Waals surface area contributed by atoms with Crippen LogP contribution in [0.2, 0.25) is 5.02 Å². The molecule has 2 aromatic carbocycles. The van der Waals surface area contributed by atoms with Crippen LogP contribution in [0.15, 0.2) is 54.6 Å². The molecule has 7 heteroatoms. The smallest absolute Gasteiger partial charge is 0.317 e. The highest BCUT2D eigenvalue weighted by atomic mass is 35.5. The second kappa shape index (κ2) is 6.99. The number of aromatic nitrogens is 2. The summed E-state index contributed by atoms with van der Waals surface area (Å²) in [7, 11) is 0. The predicted octanol–water partition coefficient (Wildman–Crippen LogP) is 3.67. The minimum Gasteiger partial charge on any atom is -0.491 e. The van der Waals surface area contributed by atoms with E-state index in [0.717, 1.165) is 22.5 Å². The lowest BCUT2D eigenvalue weighted by molar-refractivity contribution is -0.177. The van der Waals surface area contributed by atoms with E-state index in [2.05, 4.69) is 9.97 Å². The zero-order chi connectivity index (χ0) is 20.9. The van der Waals surface area contributed by atoms with Gasteiger partial charge in [-0.3, -0.25) is 4.79 Å². The van der Waals surface area contributed by atoms with Crippen LogP contribution in [0, 0.1) is 13.8 Å². The van der Waals surface area contributed by atoms with Crippen molar-refractivity contribution in [1.82, 2.24) is 14.9 Å². The molecule has 0 radical (unpaired) electrons. The summed E-state index contributed by atoms with van der Waals surface area (Å²) in [5.41, 5.74) is 2.40. The van der Waals surface area contributed by atoms with Gasteiger partial charge in [0.05, 0.1) is 6.54 Å². The van der Waals surface area contributed by atoms with Crippen molar-refractivity contribution in [2.45, 2.75) is 25.5 Å². The average molecular weight is 422 g/mol. The number of fused-ring (bicyclic) bond motifs is 3. The fraction of sp³-hybridized carbons (Fsp3) is 0.261. The summed E-state index contributed by atoms with van der Waals surface area (Å²) >= 11 is 6.38. The molecule has 3 aromatic rings. The molecule has 0 spiro atoms. The predicted molar refractivity (Wildman–Crippen MR) is 112 cm³/mol. The van der Waals surface area contributed by atoms with Crippen molar-refractivity contribution in [2.75, 3.05) is 13.2 Å². The number of nitrogens with zero attached hydrogens (tertiary/aromatic N) is 3. The van der Waals surface area contributed by atoms with Gasteiger partial charge >= 0.3 is 6.01 Å². The zero-order valence-corrected chi connectivity index (χ0v) is 17.4. The molecular weight excluding hydrogens is 402 g/mol. The van der Waals surface area contributed by atoms with Gasteiger partial charge in [-0.2, -0.15) is 0 Å². The van der Waals surface area contributed by atoms with E-state index in [0.29, 0.717) is 23.9 Å². The first kappa shape index (κ1) is 18.9. The Morgan fingerprint density at radius 1 is 1.10 bits per heavy atom. The van der Waals surface area contributed by atoms with Gasteiger partial charge in [0, 0.05) is 22.0 Å². The largest absolute Gasteiger partial charge is 0.491 e. The van der Waals surface area contributed by atoms with E-state index in [9.17, 15) is 4.79 Å². The number of amides is 1. The summed E-state index contributed by atoms with van der Waals surface area (Å²) < 4.78 is 12.2. The standard InChI is InChI=1S/C23H20ClN3O3/c1-14-12-15(2)26-22(25-14)30-20-21(28)27-10-11-29-19-9-8-17(24)13-18(19)23(20,27)16-6-4-3-5-7-16/h3-9,12-13,20H,10-11H2,1-2H3/t20-,23+/m1/s1. The first-order chi connectivity index (χ1) is 14.5. The van der Waals surface area contributed by atoms with Gasteiger partial charge in [-0.1, -0.05) is 41.9 Å². The summed E-state index contributed by atoms with van der Waals surface area (Å²) in [6.07, 6.45) is -0.833. The Kier molecular flexibility index (Phi) is 4.40. The SMILES string of the molecule is Cc1cc(C)nc(O[C@@H]2C(=O)N3CCOc4ccc(Cl)cc4[C@@]23c2ccccc2)n1. The van der Waals surface area contributed by atoms with Crippen LogP contribution in [0.3, 0.4) is 0 Å². The highest BCUT2D eigenvalue weighted by molar-refractivity contribution is 6.30. The number of halogens is 1. The quantitative estimate of drug-likeness (QED) is 0.604. The third-order valence-corrected chi connectivity index (χ3v) is 5.85. The Balaban J connectivity index is 1.72. The lowest BCUT2D eigenvalue weighted by Gasteiger charge is -2.55. The van der Waals surface area contributed by atoms with Crippen LogP contribution < -0.4 is 9.47 Å². The van der Waals surface area contributed by atoms with E-state index < -0.39 is 11.6 Å². The molecule has 2 atom stereocenters. The number of ether oxygens (including phenoxy) is 2. The maximum Gasteiger partial charge on any atom is 0.317 e. The van der Waals surface area contributed by atoms with Gasteiger partial charge in [0.25, 0.3) is 5.91 Å². The van der Waals surface area contributed by atoms with Crippen LogP contribution in [-0.2, 0) is 10.3 Å². The molecule has 0 N–H and O–H groups in total. The molecule has 0 bridgehead atoms. The Morgan fingerprint density at radius 2 is 1.83 bits per heavy atom. The van der Waals surface area contributed by atoms with Crippen LogP contribution in [-0.4, -0.2) is 40.0 Å². The number of rotatable bonds is 3. The Hall–Kier alpha value is -3.12. The van der Waals surface area contributed by atoms with Gasteiger partial charge in [0.15, 0.2) is 0 Å². The molecule has 2 aliphatic rings. The number of carbonyl (C=O) groups is 1. The van der Waals surface area contributed by atoms with E-state index in [1.807, 2.05) is 62.4 Å². The Bertz CT molecular complexity index is 1120. The van der Waals surface area contributed by atoms with Gasteiger partial charge in [-0.25, -0.2) is 9.97 Å². The number of hydrogen-bond acceptors (Lipinski definition) is 5. The average Bonchev–Trinajstić information content (AvgIpc) is 2.87. The van der Waals surface area contributed by atoms with E-state index in [-0.39, 0.29) is 11.9 Å². The molecule has 1 aromatic heterocycles. The molecule has 5 rings (SSSR count). The minimum absolute atomic E-state index is 0.127. The van der Waals surface area contributed by atoms with Gasteiger partial charge in [0.2, 0.25) is 6.10 Å². The molecule has 0 unspecified atom stereocenters. The van der Waals surface area contributed by atoms with Crippen LogP contribution in [0.25, 0.3) is 0 Å². The molecule has 1 amide bonds. The maximum absolute atomic E-state index is 13.3. The summed E-state index contributed by atoms with van der Waals surface area (Å²) in [6.45, 7) is 4.57. The van der Waals surface area contributed by atoms with Crippen molar-refractivity contribution in [3.05, 3.63) is 82.1 Å². The summed E-state index contributed by atoms with van der Waals surface area (Å²) in [5.74, 6) is 0.561. The van der Waals surface area contributed by atoms with Crippen molar-refractivity contribution in [3.8, 4) is 11.8 Å². The van der Waals surface area contributed by atoms with Crippen LogP contribution in [0.1, 0.15) is 22.5 Å². The first-order valence-electron chi connectivity index (χ1n) is 9.79. The first-order valence-corrected chi connectivity index (χ1v) is 10.2. The fourth-order valence-corrected chi connectivity index (χ4v) is 4.63. The normalized spacial score (nSPS) is 22.3. The zero-order valence-electron chi connectivity index (χ0n) is 16.6. The number of aryl methyl sites for hydroxylation is 2. The number of carbonyl (C=O) groups excluding carboxylic acids is 1. The summed E-state index contributed by atoms with van der Waals surface area (Å²) in [4.78, 5) is 23.8. The van der Waals surface area contributed by atoms with Crippen molar-refractivity contribution < 1.29 is 14.3 Å². The third kappa shape index (κ3) is 2.75. The minimum atomic E-state index is -0.879. The van der Waals surface area contributed by atoms with E-state index in [4.69, 9.17) is 21.1 Å². The monoisotopic (exact) mass is 421 g/mol. The van der Waals surface area contributed by atoms with Crippen LogP contribution in [0.5, 0.6) is 11.8 Å². The van der Waals surface area contributed by atoms with Crippen molar-refractivity contribution in [1.29, 1.82) is 0 Å². The van der Waals surface area contributed by atoms with Gasteiger partial charge in [-0.15, -0.1) is 0 Å². The second-order valence-corrected chi connectivity index (χ2v) is 7.98. The molecule has 1 saturated heterocycles. The van der Waals surface area contributed by atoms with E-state index in [1.165, 1.54) is 0 Å². The number of hydrogen-bond donors (Lipinski definition) is 0. The van der Waals surface area contributed by atoms with Crippen molar-refractivity contribution in [2.24, 2.45) is 0 Å². The molecule has 0 aliphatic carbocycles. The number of β-lactam (4-membered cyclic amide) rings is 1. The fourth-order valence-electron chi connectivity index (χ4n) is 4.46. The van der Waals surface area contributed by atoms with Crippen molar-refractivity contribution >= 4 is 17.5 Å². The Morgan fingerprint density at radius 3 is 2.57 bits per heavy atom. The van der Waals surface area contributed by atoms with Gasteiger partial charge in [-0.05, 0) is 43.7 Å². The molecule has 30 heavy (non-hydrogen) atoms. The lowest BCUT2D eigenvalue weighted by Crippen LogP contribution is -2.74. The van der Waals surface area contributed by atoms with E-state index >= 15 is 0 Å². The third-order valence-electron chi connectivity index (χ3n) is 5.62. The molecular formula is C23H20ClN3O3. The molecule has 6 nitrogen and oxygen atoms in total. The number of benzene rings is 2. The molecule has 3 heterocycles. The highest BCUT2D eigenvalue weighted by Gasteiger charge is 2.66. The highest BCUT2D eigenvalue weighted by Crippen LogP contribution is 2.52. The second-order valence-electron chi connectivity index (χ2n) is 7.54. The van der Waals surface area contributed by atoms with Gasteiger partial charge in [0.1, 0.15) is 17.9 Å².